The molecular weight excluding hydrogens is 342 g/mol. The van der Waals surface area contributed by atoms with E-state index in [-0.39, 0.29) is 11.9 Å². The van der Waals surface area contributed by atoms with Crippen LogP contribution in [0.15, 0.2) is 42.9 Å². The average molecular weight is 365 g/mol. The largest absolute Gasteiger partial charge is 0.481 e. The van der Waals surface area contributed by atoms with Crippen molar-refractivity contribution < 1.29 is 9.53 Å². The molecule has 2 heterocycles. The third-order valence-corrected chi connectivity index (χ3v) is 4.09. The van der Waals surface area contributed by atoms with Gasteiger partial charge < -0.3 is 15.4 Å². The molecule has 0 aliphatic carbocycles. The van der Waals surface area contributed by atoms with Crippen LogP contribution in [-0.2, 0) is 4.79 Å². The Labute approximate surface area is 158 Å². The molecule has 7 heteroatoms. The van der Waals surface area contributed by atoms with Gasteiger partial charge in [-0.15, -0.1) is 0 Å². The molecule has 7 nitrogen and oxygen atoms in total. The molecule has 140 valence electrons. The lowest BCUT2D eigenvalue weighted by Crippen LogP contribution is -2.41. The number of hydrogen-bond acceptors (Lipinski definition) is 6. The summed E-state index contributed by atoms with van der Waals surface area (Å²) in [5.74, 6) is 1.11. The van der Waals surface area contributed by atoms with Crippen molar-refractivity contribution in [1.29, 1.82) is 0 Å². The van der Waals surface area contributed by atoms with Crippen LogP contribution in [0.5, 0.6) is 5.88 Å². The van der Waals surface area contributed by atoms with Gasteiger partial charge in [-0.2, -0.15) is 0 Å². The number of benzene rings is 1. The maximum absolute atomic E-state index is 12.2. The smallest absolute Gasteiger partial charge is 0.242 e. The first-order valence-corrected chi connectivity index (χ1v) is 8.80. The molecule has 0 spiro atoms. The topological polar surface area (TPSA) is 89.0 Å². The number of carbonyl (C=O) groups excluding carboxylic acids is 1. The number of hydrogen-bond donors (Lipinski definition) is 2. The van der Waals surface area contributed by atoms with Crippen LogP contribution in [0.1, 0.15) is 20.8 Å². The Balaban J connectivity index is 1.93. The second kappa shape index (κ2) is 7.99. The molecule has 0 aliphatic rings. The summed E-state index contributed by atoms with van der Waals surface area (Å²) in [4.78, 5) is 25.1. The van der Waals surface area contributed by atoms with Gasteiger partial charge in [0.25, 0.3) is 0 Å². The molecule has 27 heavy (non-hydrogen) atoms. The van der Waals surface area contributed by atoms with Crippen molar-refractivity contribution in [3.05, 3.63) is 42.9 Å². The number of fused-ring (bicyclic) bond motifs is 1. The number of pyridine rings is 1. The second-order valence-corrected chi connectivity index (χ2v) is 6.57. The fraction of sp³-hybridized carbons (Fsp3) is 0.300. The fourth-order valence-electron chi connectivity index (χ4n) is 2.70. The van der Waals surface area contributed by atoms with E-state index >= 15 is 0 Å². The second-order valence-electron chi connectivity index (χ2n) is 6.57. The molecule has 0 unspecified atom stereocenters. The molecule has 1 atom stereocenters. The van der Waals surface area contributed by atoms with Gasteiger partial charge in [-0.05, 0) is 44.5 Å². The first-order chi connectivity index (χ1) is 13.0. The highest BCUT2D eigenvalue weighted by Gasteiger charge is 2.16. The summed E-state index contributed by atoms with van der Waals surface area (Å²) in [6.07, 6.45) is 3.25. The Morgan fingerprint density at radius 1 is 1.04 bits per heavy atom. The van der Waals surface area contributed by atoms with E-state index in [0.29, 0.717) is 11.7 Å². The van der Waals surface area contributed by atoms with Crippen molar-refractivity contribution in [3.8, 4) is 17.0 Å². The highest BCUT2D eigenvalue weighted by atomic mass is 16.5. The highest BCUT2D eigenvalue weighted by Crippen LogP contribution is 2.27. The van der Waals surface area contributed by atoms with Crippen molar-refractivity contribution >= 4 is 22.6 Å². The van der Waals surface area contributed by atoms with Gasteiger partial charge in [-0.3, -0.25) is 4.79 Å². The lowest BCUT2D eigenvalue weighted by atomic mass is 10.1. The highest BCUT2D eigenvalue weighted by molar-refractivity contribution is 5.94. The normalized spacial score (nSPS) is 12.0. The lowest BCUT2D eigenvalue weighted by Gasteiger charge is -2.17. The maximum Gasteiger partial charge on any atom is 0.242 e. The first-order valence-electron chi connectivity index (χ1n) is 8.80. The number of aromatic nitrogens is 3. The van der Waals surface area contributed by atoms with Gasteiger partial charge in [0.05, 0.1) is 12.6 Å². The van der Waals surface area contributed by atoms with Gasteiger partial charge in [0.15, 0.2) is 0 Å². The van der Waals surface area contributed by atoms with Crippen LogP contribution in [0.2, 0.25) is 0 Å². The van der Waals surface area contributed by atoms with E-state index < -0.39 is 6.04 Å². The molecule has 0 saturated carbocycles. The predicted octanol–water partition coefficient (Wildman–Crippen LogP) is 3.03. The Morgan fingerprint density at radius 3 is 2.48 bits per heavy atom. The molecule has 2 N–H and O–H groups in total. The number of nitrogens with one attached hydrogen (secondary N) is 2. The minimum absolute atomic E-state index is 0.0766. The summed E-state index contributed by atoms with van der Waals surface area (Å²) in [5, 5.41) is 6.92. The number of methoxy groups -OCH3 is 1. The summed E-state index contributed by atoms with van der Waals surface area (Å²) >= 11 is 0. The van der Waals surface area contributed by atoms with E-state index in [9.17, 15) is 4.79 Å². The molecule has 0 radical (unpaired) electrons. The minimum Gasteiger partial charge on any atom is -0.481 e. The van der Waals surface area contributed by atoms with E-state index in [2.05, 4.69) is 25.6 Å². The number of ether oxygens (including phenoxy) is 1. The van der Waals surface area contributed by atoms with Crippen molar-refractivity contribution in [2.45, 2.75) is 32.9 Å². The van der Waals surface area contributed by atoms with E-state index in [1.165, 1.54) is 6.33 Å². The summed E-state index contributed by atoms with van der Waals surface area (Å²) in [7, 11) is 1.59. The Kier molecular flexibility index (Phi) is 5.49. The molecule has 3 aromatic rings. The van der Waals surface area contributed by atoms with Gasteiger partial charge in [0.1, 0.15) is 18.2 Å². The van der Waals surface area contributed by atoms with Crippen molar-refractivity contribution in [2.75, 3.05) is 12.4 Å². The summed E-state index contributed by atoms with van der Waals surface area (Å²) in [6, 6.07) is 9.34. The van der Waals surface area contributed by atoms with Crippen molar-refractivity contribution in [3.63, 3.8) is 0 Å². The van der Waals surface area contributed by atoms with Crippen LogP contribution in [0.4, 0.5) is 5.82 Å². The summed E-state index contributed by atoms with van der Waals surface area (Å²) < 4.78 is 5.11. The SMILES string of the molecule is COc1ccc(-c2ccc3ncnc(N[C@@H](C)C(=O)NC(C)C)c3c2)cn1. The van der Waals surface area contributed by atoms with Crippen LogP contribution in [0, 0.1) is 0 Å². The maximum atomic E-state index is 12.2. The van der Waals surface area contributed by atoms with E-state index in [1.54, 1.807) is 13.3 Å². The Morgan fingerprint density at radius 2 is 1.81 bits per heavy atom. The number of nitrogens with zero attached hydrogens (tertiary/aromatic N) is 3. The Bertz CT molecular complexity index is 941. The van der Waals surface area contributed by atoms with Crippen LogP contribution in [0.3, 0.4) is 0 Å². The zero-order chi connectivity index (χ0) is 19.4. The molecular formula is C20H23N5O2. The van der Waals surface area contributed by atoms with Crippen LogP contribution < -0.4 is 15.4 Å². The molecule has 1 amide bonds. The van der Waals surface area contributed by atoms with Gasteiger partial charge in [-0.25, -0.2) is 15.0 Å². The number of carbonyl (C=O) groups is 1. The van der Waals surface area contributed by atoms with Crippen molar-refractivity contribution in [1.82, 2.24) is 20.3 Å². The lowest BCUT2D eigenvalue weighted by molar-refractivity contribution is -0.122. The van der Waals surface area contributed by atoms with E-state index in [1.807, 2.05) is 51.1 Å². The average Bonchev–Trinajstić information content (AvgIpc) is 2.67. The van der Waals surface area contributed by atoms with E-state index in [0.717, 1.165) is 22.0 Å². The van der Waals surface area contributed by atoms with Crippen LogP contribution in [-0.4, -0.2) is 40.1 Å². The van der Waals surface area contributed by atoms with Gasteiger partial charge >= 0.3 is 0 Å². The third-order valence-electron chi connectivity index (χ3n) is 4.09. The van der Waals surface area contributed by atoms with Gasteiger partial charge in [0, 0.05) is 29.3 Å². The quantitative estimate of drug-likeness (QED) is 0.698. The zero-order valence-electron chi connectivity index (χ0n) is 15.9. The minimum atomic E-state index is -0.420. The third kappa shape index (κ3) is 4.31. The molecule has 0 fully saturated rings. The monoisotopic (exact) mass is 365 g/mol. The van der Waals surface area contributed by atoms with Crippen LogP contribution in [0.25, 0.3) is 22.0 Å². The van der Waals surface area contributed by atoms with E-state index in [4.69, 9.17) is 4.74 Å². The standard InChI is InChI=1S/C20H23N5O2/c1-12(2)24-20(26)13(3)25-19-16-9-14(5-7-17(16)22-11-23-19)15-6-8-18(27-4)21-10-15/h5-13H,1-4H3,(H,24,26)(H,22,23,25)/t13-/m0/s1. The summed E-state index contributed by atoms with van der Waals surface area (Å²) in [6.45, 7) is 5.67. The molecule has 0 aliphatic heterocycles. The Hall–Kier alpha value is -3.22. The molecule has 3 rings (SSSR count). The zero-order valence-corrected chi connectivity index (χ0v) is 15.9. The molecule has 0 bridgehead atoms. The molecule has 2 aromatic heterocycles. The molecule has 1 aromatic carbocycles. The van der Waals surface area contributed by atoms with Crippen LogP contribution >= 0.6 is 0 Å². The number of amides is 1. The fourth-order valence-corrected chi connectivity index (χ4v) is 2.70. The number of anilines is 1. The van der Waals surface area contributed by atoms with Crippen molar-refractivity contribution in [2.24, 2.45) is 0 Å². The van der Waals surface area contributed by atoms with Gasteiger partial charge in [0.2, 0.25) is 11.8 Å². The summed E-state index contributed by atoms with van der Waals surface area (Å²) in [5.41, 5.74) is 2.74. The number of rotatable bonds is 6. The van der Waals surface area contributed by atoms with Gasteiger partial charge in [-0.1, -0.05) is 6.07 Å². The predicted molar refractivity (Wildman–Crippen MR) is 106 cm³/mol. The first kappa shape index (κ1) is 18.6. The molecule has 0 saturated heterocycles.